The minimum Gasteiger partial charge on any atom is -0.490 e. The van der Waals surface area contributed by atoms with Crippen molar-refractivity contribution in [1.29, 1.82) is 0 Å². The normalized spacial score (nSPS) is 10.6. The van der Waals surface area contributed by atoms with E-state index in [0.717, 1.165) is 17.7 Å². The topological polar surface area (TPSA) is 54.9 Å². The van der Waals surface area contributed by atoms with Crippen molar-refractivity contribution in [3.63, 3.8) is 0 Å². The number of thiocarbonyl (C=S) groups is 1. The number of benzene rings is 2. The number of hydrazone groups is 1. The Balaban J connectivity index is 2.06. The Morgan fingerprint density at radius 3 is 2.69 bits per heavy atom. The van der Waals surface area contributed by atoms with Crippen molar-refractivity contribution in [2.24, 2.45) is 5.10 Å². The van der Waals surface area contributed by atoms with Crippen molar-refractivity contribution in [2.45, 2.75) is 20.5 Å². The molecule has 0 saturated carbocycles. The molecule has 0 radical (unpaired) electrons. The highest BCUT2D eigenvalue weighted by molar-refractivity contribution is 7.80. The monoisotopic (exact) mass is 391 g/mol. The average molecular weight is 392 g/mol. The van der Waals surface area contributed by atoms with Gasteiger partial charge in [-0.05, 0) is 55.9 Å². The highest BCUT2D eigenvalue weighted by atomic mass is 35.5. The SMILES string of the molecule is CCNC(=S)N/N=C\c1ccc(OCc2ccccc2Cl)c(OCC)c1. The third-order valence-electron chi connectivity index (χ3n) is 3.33. The van der Waals surface area contributed by atoms with Crippen LogP contribution in [0, 0.1) is 0 Å². The van der Waals surface area contributed by atoms with Crippen LogP contribution in [-0.4, -0.2) is 24.5 Å². The maximum Gasteiger partial charge on any atom is 0.186 e. The maximum absolute atomic E-state index is 6.17. The largest absolute Gasteiger partial charge is 0.490 e. The second kappa shape index (κ2) is 10.6. The lowest BCUT2D eigenvalue weighted by Crippen LogP contribution is -2.31. The molecule has 5 nitrogen and oxygen atoms in total. The molecule has 2 aromatic carbocycles. The van der Waals surface area contributed by atoms with Crippen molar-refractivity contribution >= 4 is 35.1 Å². The fourth-order valence-electron chi connectivity index (χ4n) is 2.13. The second-order valence-corrected chi connectivity index (χ2v) is 6.06. The summed E-state index contributed by atoms with van der Waals surface area (Å²) >= 11 is 11.2. The molecule has 0 aliphatic rings. The van der Waals surface area contributed by atoms with E-state index in [9.17, 15) is 0 Å². The van der Waals surface area contributed by atoms with Gasteiger partial charge in [-0.25, -0.2) is 0 Å². The smallest absolute Gasteiger partial charge is 0.186 e. The molecule has 138 valence electrons. The number of rotatable bonds is 8. The molecule has 0 unspecified atom stereocenters. The lowest BCUT2D eigenvalue weighted by molar-refractivity contribution is 0.269. The Labute approximate surface area is 164 Å². The minimum absolute atomic E-state index is 0.367. The number of halogens is 1. The van der Waals surface area contributed by atoms with Crippen LogP contribution in [0.1, 0.15) is 25.0 Å². The number of ether oxygens (including phenoxy) is 2. The first-order valence-electron chi connectivity index (χ1n) is 8.34. The van der Waals surface area contributed by atoms with Gasteiger partial charge in [0.15, 0.2) is 16.6 Å². The minimum atomic E-state index is 0.367. The zero-order valence-electron chi connectivity index (χ0n) is 14.8. The van der Waals surface area contributed by atoms with Crippen LogP contribution < -0.4 is 20.2 Å². The summed E-state index contributed by atoms with van der Waals surface area (Å²) in [5, 5.41) is 8.22. The molecule has 0 atom stereocenters. The quantitative estimate of drug-likeness (QED) is 0.402. The summed E-state index contributed by atoms with van der Waals surface area (Å²) < 4.78 is 11.6. The van der Waals surface area contributed by atoms with Crippen LogP contribution in [0.2, 0.25) is 5.02 Å². The van der Waals surface area contributed by atoms with Gasteiger partial charge in [-0.1, -0.05) is 29.8 Å². The first kappa shape index (κ1) is 20.0. The molecule has 2 rings (SSSR count). The van der Waals surface area contributed by atoms with Gasteiger partial charge in [0.05, 0.1) is 12.8 Å². The van der Waals surface area contributed by atoms with Gasteiger partial charge in [0.1, 0.15) is 6.61 Å². The predicted octanol–water partition coefficient (Wildman–Crippen LogP) is 4.14. The summed E-state index contributed by atoms with van der Waals surface area (Å²) in [6.45, 7) is 5.53. The molecule has 26 heavy (non-hydrogen) atoms. The van der Waals surface area contributed by atoms with Gasteiger partial charge in [-0.2, -0.15) is 5.10 Å². The van der Waals surface area contributed by atoms with Gasteiger partial charge in [0.2, 0.25) is 0 Å². The zero-order valence-corrected chi connectivity index (χ0v) is 16.4. The molecule has 7 heteroatoms. The van der Waals surface area contributed by atoms with Gasteiger partial charge >= 0.3 is 0 Å². The fourth-order valence-corrected chi connectivity index (χ4v) is 2.52. The van der Waals surface area contributed by atoms with Crippen LogP contribution in [0.15, 0.2) is 47.6 Å². The number of hydrogen-bond acceptors (Lipinski definition) is 4. The third-order valence-corrected chi connectivity index (χ3v) is 3.93. The van der Waals surface area contributed by atoms with Gasteiger partial charge in [-0.15, -0.1) is 0 Å². The van der Waals surface area contributed by atoms with E-state index >= 15 is 0 Å². The summed E-state index contributed by atoms with van der Waals surface area (Å²) in [5.74, 6) is 1.30. The van der Waals surface area contributed by atoms with E-state index in [4.69, 9.17) is 33.3 Å². The molecular formula is C19H22ClN3O2S. The Hall–Kier alpha value is -2.31. The van der Waals surface area contributed by atoms with Gasteiger partial charge in [0.25, 0.3) is 0 Å². The van der Waals surface area contributed by atoms with Crippen molar-refractivity contribution in [2.75, 3.05) is 13.2 Å². The summed E-state index contributed by atoms with van der Waals surface area (Å²) in [6, 6.07) is 13.2. The summed E-state index contributed by atoms with van der Waals surface area (Å²) in [4.78, 5) is 0. The van der Waals surface area contributed by atoms with E-state index in [2.05, 4.69) is 15.8 Å². The molecule has 0 saturated heterocycles. The van der Waals surface area contributed by atoms with Gasteiger partial charge < -0.3 is 14.8 Å². The van der Waals surface area contributed by atoms with Crippen LogP contribution in [0.4, 0.5) is 0 Å². The molecule has 0 heterocycles. The number of nitrogens with one attached hydrogen (secondary N) is 2. The molecule has 0 spiro atoms. The van der Waals surface area contributed by atoms with E-state index in [-0.39, 0.29) is 0 Å². The molecule has 2 N–H and O–H groups in total. The van der Waals surface area contributed by atoms with Crippen LogP contribution in [0.5, 0.6) is 11.5 Å². The summed E-state index contributed by atoms with van der Waals surface area (Å²) in [7, 11) is 0. The molecule has 0 amide bonds. The molecule has 0 aliphatic heterocycles. The van der Waals surface area contributed by atoms with Crippen molar-refractivity contribution < 1.29 is 9.47 Å². The average Bonchev–Trinajstić information content (AvgIpc) is 2.63. The van der Waals surface area contributed by atoms with Gasteiger partial charge in [0, 0.05) is 17.1 Å². The van der Waals surface area contributed by atoms with Crippen LogP contribution in [0.3, 0.4) is 0 Å². The Morgan fingerprint density at radius 2 is 1.96 bits per heavy atom. The molecular weight excluding hydrogens is 370 g/mol. The predicted molar refractivity (Wildman–Crippen MR) is 110 cm³/mol. The molecule has 0 aliphatic carbocycles. The van der Waals surface area contributed by atoms with Crippen LogP contribution in [-0.2, 0) is 6.61 Å². The second-order valence-electron chi connectivity index (χ2n) is 5.25. The Bertz CT molecular complexity index is 768. The lowest BCUT2D eigenvalue weighted by Gasteiger charge is -2.13. The molecule has 2 aromatic rings. The van der Waals surface area contributed by atoms with Crippen molar-refractivity contribution in [3.05, 3.63) is 58.6 Å². The molecule has 0 aromatic heterocycles. The standard InChI is InChI=1S/C19H22ClN3O2S/c1-3-21-19(26)23-22-12-14-9-10-17(18(11-14)24-4-2)25-13-15-7-5-6-8-16(15)20/h5-12H,3-4,13H2,1-2H3,(H2,21,23,26)/b22-12-. The zero-order chi connectivity index (χ0) is 18.8. The first-order valence-corrected chi connectivity index (χ1v) is 9.12. The fraction of sp³-hybridized carbons (Fsp3) is 0.263. The van der Waals surface area contributed by atoms with E-state index < -0.39 is 0 Å². The molecule has 0 bridgehead atoms. The van der Waals surface area contributed by atoms with E-state index in [1.165, 1.54) is 0 Å². The number of nitrogens with zero attached hydrogens (tertiary/aromatic N) is 1. The van der Waals surface area contributed by atoms with Gasteiger partial charge in [-0.3, -0.25) is 5.43 Å². The highest BCUT2D eigenvalue weighted by Gasteiger charge is 2.08. The van der Waals surface area contributed by atoms with E-state index in [1.807, 2.05) is 56.3 Å². The Kier molecular flexibility index (Phi) is 8.18. The highest BCUT2D eigenvalue weighted by Crippen LogP contribution is 2.29. The lowest BCUT2D eigenvalue weighted by atomic mass is 10.2. The van der Waals surface area contributed by atoms with Crippen molar-refractivity contribution in [1.82, 2.24) is 10.7 Å². The first-order chi connectivity index (χ1) is 12.6. The molecule has 0 fully saturated rings. The summed E-state index contributed by atoms with van der Waals surface area (Å²) in [6.07, 6.45) is 1.67. The number of hydrogen-bond donors (Lipinski definition) is 2. The van der Waals surface area contributed by atoms with Crippen LogP contribution in [0.25, 0.3) is 0 Å². The van der Waals surface area contributed by atoms with E-state index in [1.54, 1.807) is 6.21 Å². The van der Waals surface area contributed by atoms with Crippen molar-refractivity contribution in [3.8, 4) is 11.5 Å². The Morgan fingerprint density at radius 1 is 1.15 bits per heavy atom. The van der Waals surface area contributed by atoms with Crippen LogP contribution >= 0.6 is 23.8 Å². The van der Waals surface area contributed by atoms with E-state index in [0.29, 0.717) is 34.8 Å². The maximum atomic E-state index is 6.17. The third kappa shape index (κ3) is 6.20. The summed E-state index contributed by atoms with van der Waals surface area (Å²) in [5.41, 5.74) is 4.54.